The van der Waals surface area contributed by atoms with Crippen LogP contribution in [0.4, 0.5) is 15.9 Å². The number of benzene rings is 2. The van der Waals surface area contributed by atoms with E-state index in [1.165, 1.54) is 6.33 Å². The number of aryl methyl sites for hydroxylation is 1. The van der Waals surface area contributed by atoms with Crippen LogP contribution in [0.25, 0.3) is 32.9 Å². The molecule has 2 aromatic carbocycles. The van der Waals surface area contributed by atoms with Gasteiger partial charge in [-0.1, -0.05) is 0 Å². The van der Waals surface area contributed by atoms with Crippen molar-refractivity contribution in [2.24, 2.45) is 0 Å². The van der Waals surface area contributed by atoms with Crippen molar-refractivity contribution < 1.29 is 13.9 Å². The summed E-state index contributed by atoms with van der Waals surface area (Å²) in [4.78, 5) is 15.6. The van der Waals surface area contributed by atoms with Crippen LogP contribution < -0.4 is 14.8 Å². The van der Waals surface area contributed by atoms with Crippen LogP contribution in [0.15, 0.2) is 55.1 Å². The van der Waals surface area contributed by atoms with Gasteiger partial charge in [0.2, 0.25) is 5.88 Å². The molecule has 1 N–H and O–H groups in total. The number of fused-ring (bicyclic) bond motifs is 2. The Morgan fingerprint density at radius 2 is 1.92 bits per heavy atom. The number of halogens is 1. The lowest BCUT2D eigenvalue weighted by Gasteiger charge is -2.30. The molecule has 10 heteroatoms. The minimum Gasteiger partial charge on any atom is -0.489 e. The fraction of sp³-hybridized carbons (Fsp3) is 0.310. The molecule has 3 aromatic heterocycles. The number of rotatable bonds is 7. The molecular formula is C29H30FN7O2. The van der Waals surface area contributed by atoms with E-state index in [9.17, 15) is 0 Å². The monoisotopic (exact) mass is 527 g/mol. The molecule has 6 rings (SSSR count). The summed E-state index contributed by atoms with van der Waals surface area (Å²) < 4.78 is 29.5. The first-order valence-corrected chi connectivity index (χ1v) is 13.1. The molecule has 0 saturated carbocycles. The Kier molecular flexibility index (Phi) is 6.70. The smallest absolute Gasteiger partial charge is 0.240 e. The summed E-state index contributed by atoms with van der Waals surface area (Å²) in [7, 11) is 3.73. The van der Waals surface area contributed by atoms with Crippen LogP contribution >= 0.6 is 0 Å². The fourth-order valence-electron chi connectivity index (χ4n) is 5.03. The van der Waals surface area contributed by atoms with Gasteiger partial charge in [-0.3, -0.25) is 9.67 Å². The zero-order chi connectivity index (χ0) is 26.9. The molecule has 0 unspecified atom stereocenters. The molecule has 4 heterocycles. The minimum absolute atomic E-state index is 0.0384. The molecule has 9 nitrogen and oxygen atoms in total. The van der Waals surface area contributed by atoms with E-state index in [0.29, 0.717) is 51.5 Å². The summed E-state index contributed by atoms with van der Waals surface area (Å²) in [6, 6.07) is 10.8. The second kappa shape index (κ2) is 10.5. The van der Waals surface area contributed by atoms with Gasteiger partial charge in [-0.15, -0.1) is 5.10 Å². The van der Waals surface area contributed by atoms with Gasteiger partial charge < -0.3 is 19.7 Å². The van der Waals surface area contributed by atoms with E-state index in [4.69, 9.17) is 9.47 Å². The Labute approximate surface area is 225 Å². The van der Waals surface area contributed by atoms with Gasteiger partial charge in [0.15, 0.2) is 5.82 Å². The minimum atomic E-state index is -0.390. The van der Waals surface area contributed by atoms with E-state index in [-0.39, 0.29) is 6.10 Å². The molecule has 5 aromatic rings. The molecule has 0 atom stereocenters. The van der Waals surface area contributed by atoms with Gasteiger partial charge in [0.25, 0.3) is 0 Å². The molecule has 1 saturated heterocycles. The van der Waals surface area contributed by atoms with Gasteiger partial charge in [0.1, 0.15) is 24.0 Å². The van der Waals surface area contributed by atoms with E-state index in [1.807, 2.05) is 29.9 Å². The van der Waals surface area contributed by atoms with Crippen molar-refractivity contribution in [3.8, 4) is 22.8 Å². The number of piperidine rings is 1. The lowest BCUT2D eigenvalue weighted by molar-refractivity contribution is 0.116. The van der Waals surface area contributed by atoms with Crippen LogP contribution in [-0.4, -0.2) is 63.0 Å². The van der Waals surface area contributed by atoms with Gasteiger partial charge in [-0.25, -0.2) is 14.4 Å². The standard InChI is InChI=1S/C29H30FN7O2/c1-4-37-16-21(29(35-37)38-3)18-14-24-26(25(15-18)39-19-9-12-36(2)13-10-19)28(33-17-32-24)34-23-8-7-22-20(27(23)30)6-5-11-31-22/h5-8,11,14-17,19H,4,9-10,12-13H2,1-3H3,(H,32,33,34). The Morgan fingerprint density at radius 3 is 2.72 bits per heavy atom. The van der Waals surface area contributed by atoms with Crippen LogP contribution in [0.3, 0.4) is 0 Å². The van der Waals surface area contributed by atoms with Crippen molar-refractivity contribution in [1.82, 2.24) is 29.6 Å². The average molecular weight is 528 g/mol. The largest absolute Gasteiger partial charge is 0.489 e. The average Bonchev–Trinajstić information content (AvgIpc) is 3.40. The van der Waals surface area contributed by atoms with Crippen LogP contribution in [0.5, 0.6) is 11.6 Å². The Morgan fingerprint density at radius 1 is 1.08 bits per heavy atom. The van der Waals surface area contributed by atoms with Crippen molar-refractivity contribution in [1.29, 1.82) is 0 Å². The van der Waals surface area contributed by atoms with Gasteiger partial charge in [0.05, 0.1) is 34.8 Å². The normalized spacial score (nSPS) is 14.7. The highest BCUT2D eigenvalue weighted by molar-refractivity contribution is 5.99. The number of hydrogen-bond acceptors (Lipinski definition) is 8. The molecule has 0 radical (unpaired) electrons. The van der Waals surface area contributed by atoms with Crippen molar-refractivity contribution in [2.75, 3.05) is 32.6 Å². The first kappa shape index (κ1) is 25.0. The fourth-order valence-corrected chi connectivity index (χ4v) is 5.03. The number of hydrogen-bond donors (Lipinski definition) is 1. The lowest BCUT2D eigenvalue weighted by Crippen LogP contribution is -2.35. The van der Waals surface area contributed by atoms with Crippen LogP contribution in [0.1, 0.15) is 19.8 Å². The Hall–Kier alpha value is -4.31. The van der Waals surface area contributed by atoms with Crippen LogP contribution in [0, 0.1) is 5.82 Å². The van der Waals surface area contributed by atoms with E-state index >= 15 is 4.39 Å². The third kappa shape index (κ3) is 4.83. The first-order chi connectivity index (χ1) is 19.0. The van der Waals surface area contributed by atoms with Crippen molar-refractivity contribution in [2.45, 2.75) is 32.4 Å². The number of ether oxygens (including phenoxy) is 2. The predicted molar refractivity (Wildman–Crippen MR) is 149 cm³/mol. The maximum atomic E-state index is 15.5. The lowest BCUT2D eigenvalue weighted by atomic mass is 10.0. The van der Waals surface area contributed by atoms with Crippen LogP contribution in [-0.2, 0) is 6.54 Å². The summed E-state index contributed by atoms with van der Waals surface area (Å²) in [6.45, 7) is 4.65. The number of anilines is 2. The molecule has 0 amide bonds. The SMILES string of the molecule is CCn1cc(-c2cc(OC3CCN(C)CC3)c3c(Nc4ccc5ncccc5c4F)ncnc3c2)c(OC)n1. The first-order valence-electron chi connectivity index (χ1n) is 13.1. The zero-order valence-corrected chi connectivity index (χ0v) is 22.2. The highest BCUT2D eigenvalue weighted by atomic mass is 19.1. The number of pyridine rings is 1. The summed E-state index contributed by atoms with van der Waals surface area (Å²) in [5.74, 6) is 1.24. The second-order valence-corrected chi connectivity index (χ2v) is 9.74. The Balaban J connectivity index is 1.48. The molecule has 1 fully saturated rings. The maximum absolute atomic E-state index is 15.5. The second-order valence-electron chi connectivity index (χ2n) is 9.74. The third-order valence-corrected chi connectivity index (χ3v) is 7.19. The molecular weight excluding hydrogens is 497 g/mol. The number of likely N-dealkylation sites (tertiary alicyclic amines) is 1. The summed E-state index contributed by atoms with van der Waals surface area (Å²) >= 11 is 0. The zero-order valence-electron chi connectivity index (χ0n) is 22.2. The van der Waals surface area contributed by atoms with Crippen molar-refractivity contribution in [3.05, 3.63) is 60.9 Å². The molecule has 0 aliphatic carbocycles. The van der Waals surface area contributed by atoms with E-state index in [1.54, 1.807) is 37.6 Å². The quantitative estimate of drug-likeness (QED) is 0.300. The van der Waals surface area contributed by atoms with E-state index in [0.717, 1.165) is 37.1 Å². The third-order valence-electron chi connectivity index (χ3n) is 7.19. The van der Waals surface area contributed by atoms with Gasteiger partial charge in [-0.2, -0.15) is 0 Å². The number of nitrogens with one attached hydrogen (secondary N) is 1. The maximum Gasteiger partial charge on any atom is 0.240 e. The predicted octanol–water partition coefficient (Wildman–Crippen LogP) is 5.43. The van der Waals surface area contributed by atoms with E-state index < -0.39 is 5.82 Å². The van der Waals surface area contributed by atoms with Gasteiger partial charge in [0, 0.05) is 37.4 Å². The number of methoxy groups -OCH3 is 1. The molecule has 200 valence electrons. The summed E-state index contributed by atoms with van der Waals surface area (Å²) in [6.07, 6.45) is 6.93. The molecule has 1 aliphatic rings. The molecule has 0 spiro atoms. The van der Waals surface area contributed by atoms with Crippen molar-refractivity contribution in [3.63, 3.8) is 0 Å². The molecule has 0 bridgehead atoms. The van der Waals surface area contributed by atoms with Gasteiger partial charge >= 0.3 is 0 Å². The number of aromatic nitrogens is 5. The topological polar surface area (TPSA) is 90.2 Å². The highest BCUT2D eigenvalue weighted by Gasteiger charge is 2.23. The van der Waals surface area contributed by atoms with E-state index in [2.05, 4.69) is 37.3 Å². The summed E-state index contributed by atoms with van der Waals surface area (Å²) in [5, 5.41) is 8.85. The van der Waals surface area contributed by atoms with Crippen molar-refractivity contribution >= 4 is 33.3 Å². The highest BCUT2D eigenvalue weighted by Crippen LogP contribution is 2.40. The number of nitrogens with zero attached hydrogens (tertiary/aromatic N) is 6. The van der Waals surface area contributed by atoms with Gasteiger partial charge in [-0.05, 0) is 68.8 Å². The Bertz CT molecular complexity index is 1650. The van der Waals surface area contributed by atoms with Crippen LogP contribution in [0.2, 0.25) is 0 Å². The summed E-state index contributed by atoms with van der Waals surface area (Å²) in [5.41, 5.74) is 3.27. The molecule has 39 heavy (non-hydrogen) atoms. The molecule has 1 aliphatic heterocycles.